The van der Waals surface area contributed by atoms with Gasteiger partial charge >= 0.3 is 35.5 Å². The van der Waals surface area contributed by atoms with Crippen molar-refractivity contribution in [2.45, 2.75) is 57.8 Å². The average molecular weight is 507 g/mol. The molecule has 3 rings (SSSR count). The maximum atomic E-state index is 13.8. The van der Waals surface area contributed by atoms with Crippen molar-refractivity contribution in [2.75, 3.05) is 0 Å². The summed E-state index contributed by atoms with van der Waals surface area (Å²) in [5, 5.41) is 29.3. The quantitative estimate of drug-likeness (QED) is 0.292. The molecule has 3 aromatic rings. The van der Waals surface area contributed by atoms with Gasteiger partial charge in [-0.05, 0) is 56.4 Å². The van der Waals surface area contributed by atoms with Crippen molar-refractivity contribution in [3.05, 3.63) is 71.8 Å². The summed E-state index contributed by atoms with van der Waals surface area (Å²) in [7, 11) is 0. The Hall–Kier alpha value is -2.49. The maximum Gasteiger partial charge on any atom is 1.00 e. The van der Waals surface area contributed by atoms with E-state index in [-0.39, 0.29) is 49.9 Å². The molecule has 0 aliphatic heterocycles. The summed E-state index contributed by atoms with van der Waals surface area (Å²) >= 11 is 0. The molecule has 0 fully saturated rings. The molecule has 2 atom stereocenters. The number of halogens is 1. The van der Waals surface area contributed by atoms with Crippen LogP contribution in [0.25, 0.3) is 22.3 Å². The first-order valence-corrected chi connectivity index (χ1v) is 11.6. The van der Waals surface area contributed by atoms with Crippen molar-refractivity contribution in [1.29, 1.82) is 0 Å². The van der Waals surface area contributed by atoms with Crippen molar-refractivity contribution >= 4 is 11.9 Å². The van der Waals surface area contributed by atoms with Gasteiger partial charge in [0.1, 0.15) is 11.5 Å². The molecule has 0 spiro atoms. The van der Waals surface area contributed by atoms with Gasteiger partial charge in [0.25, 0.3) is 5.91 Å². The minimum Gasteiger partial charge on any atom is -1.00 e. The molecule has 1 heterocycles. The van der Waals surface area contributed by atoms with E-state index in [9.17, 15) is 24.2 Å². The molecule has 1 aromatic heterocycles. The van der Waals surface area contributed by atoms with Crippen LogP contribution < -0.4 is 35.3 Å². The summed E-state index contributed by atoms with van der Waals surface area (Å²) in [6.07, 6.45) is -2.14. The summed E-state index contributed by atoms with van der Waals surface area (Å²) in [5.41, 5.74) is 9.77. The minimum atomic E-state index is -1.17. The van der Waals surface area contributed by atoms with Crippen LogP contribution in [0.1, 0.15) is 56.8 Å². The van der Waals surface area contributed by atoms with Crippen LogP contribution in [0.2, 0.25) is 0 Å². The average Bonchev–Trinajstić information content (AvgIpc) is 3.14. The van der Waals surface area contributed by atoms with Crippen LogP contribution >= 0.6 is 0 Å². The molecular weight excluding hydrogens is 474 g/mol. The Bertz CT molecular complexity index is 1190. The zero-order valence-corrected chi connectivity index (χ0v) is 22.8. The van der Waals surface area contributed by atoms with Gasteiger partial charge in [0.2, 0.25) is 0 Å². The smallest absolute Gasteiger partial charge is 1.00 e. The number of aliphatic hydroxyl groups is 2. The fourth-order valence-corrected chi connectivity index (χ4v) is 4.53. The van der Waals surface area contributed by atoms with Crippen molar-refractivity contribution < 1.29 is 60.3 Å². The predicted octanol–water partition coefficient (Wildman–Crippen LogP) is 1.28. The van der Waals surface area contributed by atoms with Gasteiger partial charge in [-0.1, -0.05) is 42.5 Å². The van der Waals surface area contributed by atoms with Crippen molar-refractivity contribution in [1.82, 2.24) is 4.57 Å². The number of primary amides is 1. The molecule has 2 aromatic carbocycles. The monoisotopic (exact) mass is 506 g/mol. The van der Waals surface area contributed by atoms with Crippen molar-refractivity contribution in [2.24, 2.45) is 5.73 Å². The number of carbonyl (C=O) groups excluding carboxylic acids is 1. The van der Waals surface area contributed by atoms with Crippen LogP contribution in [0.4, 0.5) is 4.39 Å². The van der Waals surface area contributed by atoms with Gasteiger partial charge in [-0.25, -0.2) is 4.39 Å². The molecule has 0 unspecified atom stereocenters. The normalized spacial score (nSPS) is 12.7. The molecule has 36 heavy (non-hydrogen) atoms. The maximum absolute atomic E-state index is 13.8. The molecule has 9 heteroatoms. The van der Waals surface area contributed by atoms with E-state index in [0.29, 0.717) is 23.2 Å². The summed E-state index contributed by atoms with van der Waals surface area (Å²) in [6.45, 7) is 3.85. The molecule has 0 saturated heterocycles. The van der Waals surface area contributed by atoms with E-state index in [1.54, 1.807) is 12.1 Å². The third-order valence-electron chi connectivity index (χ3n) is 5.92. The number of rotatable bonds is 11. The SMILES string of the molecule is CC(C)n1c(CC[C@@H](O)C[C@@H](O)CC(=O)O)c(-c2ccc(F)cc2)c(-c2ccccc2)c1C(N)=O.[H-].[Na+]. The zero-order chi connectivity index (χ0) is 25.7. The summed E-state index contributed by atoms with van der Waals surface area (Å²) in [5.74, 6) is -2.14. The van der Waals surface area contributed by atoms with E-state index < -0.39 is 36.3 Å². The van der Waals surface area contributed by atoms with Crippen molar-refractivity contribution in [3.63, 3.8) is 0 Å². The number of carbonyl (C=O) groups is 2. The van der Waals surface area contributed by atoms with E-state index in [2.05, 4.69) is 0 Å². The summed E-state index contributed by atoms with van der Waals surface area (Å²) in [4.78, 5) is 23.6. The Morgan fingerprint density at radius 3 is 2.08 bits per heavy atom. The van der Waals surface area contributed by atoms with E-state index in [1.807, 2.05) is 48.7 Å². The fourth-order valence-electron chi connectivity index (χ4n) is 4.53. The number of aromatic nitrogens is 1. The molecule has 0 aliphatic carbocycles. The molecule has 0 radical (unpaired) electrons. The van der Waals surface area contributed by atoms with Gasteiger partial charge in [-0.2, -0.15) is 0 Å². The Balaban J connectivity index is 0.00000342. The van der Waals surface area contributed by atoms with Crippen LogP contribution in [-0.4, -0.2) is 44.0 Å². The van der Waals surface area contributed by atoms with Crippen LogP contribution in [-0.2, 0) is 11.2 Å². The zero-order valence-electron chi connectivity index (χ0n) is 21.8. The molecule has 188 valence electrons. The van der Waals surface area contributed by atoms with Gasteiger partial charge in [0.15, 0.2) is 0 Å². The topological polar surface area (TPSA) is 126 Å². The molecule has 1 amide bonds. The van der Waals surface area contributed by atoms with Crippen molar-refractivity contribution in [3.8, 4) is 22.3 Å². The Morgan fingerprint density at radius 1 is 0.972 bits per heavy atom. The van der Waals surface area contributed by atoms with Gasteiger partial charge in [0, 0.05) is 22.9 Å². The Labute approximate surface area is 233 Å². The van der Waals surface area contributed by atoms with E-state index in [4.69, 9.17) is 10.8 Å². The molecular formula is C27H32FN2NaO5. The number of hydrogen-bond acceptors (Lipinski definition) is 4. The second kappa shape index (κ2) is 13.2. The van der Waals surface area contributed by atoms with Gasteiger partial charge in [0.05, 0.1) is 18.6 Å². The largest absolute Gasteiger partial charge is 1.00 e. The number of carboxylic acids is 1. The number of amides is 1. The number of carboxylic acid groups (broad SMARTS) is 1. The van der Waals surface area contributed by atoms with Crippen LogP contribution in [0, 0.1) is 5.82 Å². The fraction of sp³-hybridized carbons (Fsp3) is 0.333. The second-order valence-electron chi connectivity index (χ2n) is 8.93. The van der Waals surface area contributed by atoms with Crippen LogP contribution in [0.3, 0.4) is 0 Å². The molecule has 7 nitrogen and oxygen atoms in total. The summed E-state index contributed by atoms with van der Waals surface area (Å²) < 4.78 is 15.6. The molecule has 0 saturated carbocycles. The molecule has 0 aliphatic rings. The third kappa shape index (κ3) is 7.05. The number of nitrogens with two attached hydrogens (primary N) is 1. The third-order valence-corrected chi connectivity index (χ3v) is 5.92. The molecule has 5 N–H and O–H groups in total. The molecule has 0 bridgehead atoms. The van der Waals surface area contributed by atoms with Gasteiger partial charge in [-0.15, -0.1) is 0 Å². The Morgan fingerprint density at radius 2 is 1.56 bits per heavy atom. The van der Waals surface area contributed by atoms with Gasteiger partial charge in [-0.3, -0.25) is 9.59 Å². The predicted molar refractivity (Wildman–Crippen MR) is 132 cm³/mol. The summed E-state index contributed by atoms with van der Waals surface area (Å²) in [6, 6.07) is 15.2. The standard InChI is InChI=1S/C27H31FN2O5.Na.H/c1-16(2)30-22(13-12-20(31)14-21(32)15-23(33)34)24(18-8-10-19(28)11-9-18)25(26(30)27(29)35)17-6-4-3-5-7-17;;/h3-11,16,20-21,31-32H,12-15H2,1-2H3,(H2,29,35)(H,33,34);;/q;+1;-1/t20-,21-;;/m1../s1. The minimum absolute atomic E-state index is 0. The number of aliphatic hydroxyl groups excluding tert-OH is 2. The number of benzene rings is 2. The van der Waals surface area contributed by atoms with E-state index in [0.717, 1.165) is 16.8 Å². The first kappa shape index (κ1) is 29.7. The number of aliphatic carboxylic acids is 1. The first-order valence-electron chi connectivity index (χ1n) is 11.6. The Kier molecular flexibility index (Phi) is 10.9. The van der Waals surface area contributed by atoms with Crippen LogP contribution in [0.5, 0.6) is 0 Å². The second-order valence-corrected chi connectivity index (χ2v) is 8.93. The number of hydrogen-bond donors (Lipinski definition) is 4. The van der Waals surface area contributed by atoms with Gasteiger partial charge < -0.3 is 27.0 Å². The van der Waals surface area contributed by atoms with Crippen LogP contribution in [0.15, 0.2) is 54.6 Å². The number of nitrogens with zero attached hydrogens (tertiary/aromatic N) is 1. The van der Waals surface area contributed by atoms with E-state index in [1.165, 1.54) is 12.1 Å². The van der Waals surface area contributed by atoms with E-state index >= 15 is 0 Å². The first-order chi connectivity index (χ1) is 16.6.